The Balaban J connectivity index is 1.93. The first-order chi connectivity index (χ1) is 10.9. The van der Waals surface area contributed by atoms with Gasteiger partial charge < -0.3 is 10.6 Å². The highest BCUT2D eigenvalue weighted by Crippen LogP contribution is 2.17. The molecular formula is C16H18N4O2S. The lowest BCUT2D eigenvalue weighted by atomic mass is 10.2. The first-order valence-electron chi connectivity index (χ1n) is 7.05. The minimum atomic E-state index is -0.156. The quantitative estimate of drug-likeness (QED) is 0.650. The summed E-state index contributed by atoms with van der Waals surface area (Å²) in [5.74, 6) is -0.0958. The molecule has 0 bridgehead atoms. The molecule has 23 heavy (non-hydrogen) atoms. The molecule has 120 valence electrons. The largest absolute Gasteiger partial charge is 0.326 e. The van der Waals surface area contributed by atoms with Crippen LogP contribution in [0, 0.1) is 13.8 Å². The van der Waals surface area contributed by atoms with Crippen molar-refractivity contribution < 1.29 is 9.59 Å². The molecule has 0 saturated carbocycles. The summed E-state index contributed by atoms with van der Waals surface area (Å²) in [5.41, 5.74) is 3.02. The van der Waals surface area contributed by atoms with E-state index in [1.54, 1.807) is 24.3 Å². The maximum absolute atomic E-state index is 12.0. The average Bonchev–Trinajstić information content (AvgIpc) is 2.44. The van der Waals surface area contributed by atoms with Crippen LogP contribution in [0.3, 0.4) is 0 Å². The SMILES string of the molecule is CC(=O)Nc1cccc(NC(=O)CSc2nc(C)cc(C)n2)c1. The van der Waals surface area contributed by atoms with E-state index >= 15 is 0 Å². The molecule has 6 nitrogen and oxygen atoms in total. The number of anilines is 2. The minimum Gasteiger partial charge on any atom is -0.326 e. The number of aryl methyl sites for hydroxylation is 2. The number of thioether (sulfide) groups is 1. The van der Waals surface area contributed by atoms with Gasteiger partial charge in [0.05, 0.1) is 5.75 Å². The summed E-state index contributed by atoms with van der Waals surface area (Å²) >= 11 is 1.29. The van der Waals surface area contributed by atoms with Crippen LogP contribution >= 0.6 is 11.8 Å². The minimum absolute atomic E-state index is 0.155. The van der Waals surface area contributed by atoms with E-state index in [1.807, 2.05) is 19.9 Å². The molecule has 0 fully saturated rings. The van der Waals surface area contributed by atoms with Crippen molar-refractivity contribution in [1.82, 2.24) is 9.97 Å². The molecule has 0 spiro atoms. The van der Waals surface area contributed by atoms with Crippen molar-refractivity contribution in [1.29, 1.82) is 0 Å². The zero-order valence-electron chi connectivity index (χ0n) is 13.2. The number of nitrogens with one attached hydrogen (secondary N) is 2. The van der Waals surface area contributed by atoms with Gasteiger partial charge in [-0.3, -0.25) is 9.59 Å². The number of nitrogens with zero attached hydrogens (tertiary/aromatic N) is 2. The molecule has 2 N–H and O–H groups in total. The van der Waals surface area contributed by atoms with Gasteiger partial charge in [0.15, 0.2) is 5.16 Å². The van der Waals surface area contributed by atoms with E-state index in [1.165, 1.54) is 18.7 Å². The second kappa shape index (κ2) is 7.73. The number of aromatic nitrogens is 2. The van der Waals surface area contributed by atoms with E-state index in [9.17, 15) is 9.59 Å². The second-order valence-electron chi connectivity index (χ2n) is 5.03. The highest BCUT2D eigenvalue weighted by Gasteiger charge is 2.07. The summed E-state index contributed by atoms with van der Waals surface area (Å²) in [7, 11) is 0. The van der Waals surface area contributed by atoms with Crippen molar-refractivity contribution >= 4 is 35.0 Å². The third kappa shape index (κ3) is 5.71. The Morgan fingerprint density at radius 1 is 1.04 bits per heavy atom. The molecule has 1 aromatic carbocycles. The van der Waals surface area contributed by atoms with Gasteiger partial charge in [-0.15, -0.1) is 0 Å². The zero-order chi connectivity index (χ0) is 16.8. The molecule has 0 aliphatic carbocycles. The molecule has 1 heterocycles. The normalized spacial score (nSPS) is 10.2. The Morgan fingerprint density at radius 2 is 1.65 bits per heavy atom. The summed E-state index contributed by atoms with van der Waals surface area (Å²) in [6.45, 7) is 5.23. The van der Waals surface area contributed by atoms with Gasteiger partial charge in [0, 0.05) is 29.7 Å². The maximum atomic E-state index is 12.0. The summed E-state index contributed by atoms with van der Waals surface area (Å²) in [6, 6.07) is 8.88. The van der Waals surface area contributed by atoms with Crippen LogP contribution in [0.25, 0.3) is 0 Å². The number of rotatable bonds is 5. The van der Waals surface area contributed by atoms with Crippen LogP contribution in [-0.2, 0) is 9.59 Å². The van der Waals surface area contributed by atoms with Gasteiger partial charge in [-0.25, -0.2) is 9.97 Å². The second-order valence-corrected chi connectivity index (χ2v) is 5.97. The Bertz CT molecular complexity index is 714. The third-order valence-electron chi connectivity index (χ3n) is 2.76. The topological polar surface area (TPSA) is 84.0 Å². The van der Waals surface area contributed by atoms with Gasteiger partial charge in [-0.05, 0) is 38.1 Å². The third-order valence-corrected chi connectivity index (χ3v) is 3.61. The molecule has 2 rings (SSSR count). The van der Waals surface area contributed by atoms with E-state index in [0.29, 0.717) is 16.5 Å². The predicted octanol–water partition coefficient (Wildman–Crippen LogP) is 2.78. The molecule has 0 unspecified atom stereocenters. The van der Waals surface area contributed by atoms with Crippen LogP contribution in [-0.4, -0.2) is 27.5 Å². The zero-order valence-corrected chi connectivity index (χ0v) is 14.0. The number of benzene rings is 1. The predicted molar refractivity (Wildman–Crippen MR) is 91.6 cm³/mol. The highest BCUT2D eigenvalue weighted by atomic mass is 32.2. The fourth-order valence-corrected chi connectivity index (χ4v) is 2.71. The van der Waals surface area contributed by atoms with Gasteiger partial charge in [-0.2, -0.15) is 0 Å². The van der Waals surface area contributed by atoms with Crippen LogP contribution in [0.5, 0.6) is 0 Å². The van der Waals surface area contributed by atoms with Gasteiger partial charge in [-0.1, -0.05) is 17.8 Å². The molecule has 2 amide bonds. The monoisotopic (exact) mass is 330 g/mol. The van der Waals surface area contributed by atoms with E-state index in [0.717, 1.165) is 11.4 Å². The van der Waals surface area contributed by atoms with Crippen molar-refractivity contribution in [2.75, 3.05) is 16.4 Å². The lowest BCUT2D eigenvalue weighted by molar-refractivity contribution is -0.114. The fraction of sp³-hybridized carbons (Fsp3) is 0.250. The molecule has 0 aliphatic rings. The number of hydrogen-bond acceptors (Lipinski definition) is 5. The molecule has 0 atom stereocenters. The molecular weight excluding hydrogens is 312 g/mol. The first-order valence-corrected chi connectivity index (χ1v) is 8.03. The summed E-state index contributed by atoms with van der Waals surface area (Å²) < 4.78 is 0. The molecule has 0 aliphatic heterocycles. The smallest absolute Gasteiger partial charge is 0.234 e. The Labute approximate surface area is 139 Å². The van der Waals surface area contributed by atoms with E-state index in [-0.39, 0.29) is 17.6 Å². The fourth-order valence-electron chi connectivity index (χ4n) is 1.96. The van der Waals surface area contributed by atoms with Gasteiger partial charge >= 0.3 is 0 Å². The highest BCUT2D eigenvalue weighted by molar-refractivity contribution is 7.99. The van der Waals surface area contributed by atoms with Gasteiger partial charge in [0.2, 0.25) is 11.8 Å². The molecule has 1 aromatic heterocycles. The van der Waals surface area contributed by atoms with Crippen LogP contribution in [0.2, 0.25) is 0 Å². The molecule has 2 aromatic rings. The number of carbonyl (C=O) groups excluding carboxylic acids is 2. The van der Waals surface area contributed by atoms with Crippen molar-refractivity contribution in [2.24, 2.45) is 0 Å². The molecule has 0 radical (unpaired) electrons. The van der Waals surface area contributed by atoms with Crippen molar-refractivity contribution in [3.8, 4) is 0 Å². The van der Waals surface area contributed by atoms with E-state index in [4.69, 9.17) is 0 Å². The lowest BCUT2D eigenvalue weighted by Gasteiger charge is -2.08. The van der Waals surface area contributed by atoms with Crippen LogP contribution in [0.4, 0.5) is 11.4 Å². The molecule has 0 saturated heterocycles. The van der Waals surface area contributed by atoms with Gasteiger partial charge in [0.25, 0.3) is 0 Å². The Hall–Kier alpha value is -2.41. The number of hydrogen-bond donors (Lipinski definition) is 2. The van der Waals surface area contributed by atoms with Crippen LogP contribution < -0.4 is 10.6 Å². The van der Waals surface area contributed by atoms with Crippen LogP contribution in [0.1, 0.15) is 18.3 Å². The Morgan fingerprint density at radius 3 is 2.26 bits per heavy atom. The standard InChI is InChI=1S/C16H18N4O2S/c1-10-7-11(2)18-16(17-10)23-9-15(22)20-14-6-4-5-13(8-14)19-12(3)21/h4-8H,9H2,1-3H3,(H,19,21)(H,20,22). The number of carbonyl (C=O) groups is 2. The molecule has 7 heteroatoms. The Kier molecular flexibility index (Phi) is 5.70. The van der Waals surface area contributed by atoms with E-state index < -0.39 is 0 Å². The van der Waals surface area contributed by atoms with Crippen molar-refractivity contribution in [3.05, 3.63) is 41.7 Å². The number of amides is 2. The first kappa shape index (κ1) is 17.0. The van der Waals surface area contributed by atoms with Crippen molar-refractivity contribution in [3.63, 3.8) is 0 Å². The summed E-state index contributed by atoms with van der Waals surface area (Å²) in [4.78, 5) is 31.6. The summed E-state index contributed by atoms with van der Waals surface area (Å²) in [6.07, 6.45) is 0. The van der Waals surface area contributed by atoms with Crippen molar-refractivity contribution in [2.45, 2.75) is 25.9 Å². The van der Waals surface area contributed by atoms with E-state index in [2.05, 4.69) is 20.6 Å². The van der Waals surface area contributed by atoms with Crippen LogP contribution in [0.15, 0.2) is 35.5 Å². The van der Waals surface area contributed by atoms with Gasteiger partial charge in [0.1, 0.15) is 0 Å². The average molecular weight is 330 g/mol. The lowest BCUT2D eigenvalue weighted by Crippen LogP contribution is -2.15. The maximum Gasteiger partial charge on any atom is 0.234 e. The summed E-state index contributed by atoms with van der Waals surface area (Å²) in [5, 5.41) is 6.05.